The van der Waals surface area contributed by atoms with Crippen LogP contribution in [0.5, 0.6) is 0 Å². The summed E-state index contributed by atoms with van der Waals surface area (Å²) in [6.45, 7) is 3.95. The first-order valence-electron chi connectivity index (χ1n) is 9.30. The Morgan fingerprint density at radius 3 is 1.90 bits per heavy atom. The highest BCUT2D eigenvalue weighted by Crippen LogP contribution is 2.68. The van der Waals surface area contributed by atoms with Crippen molar-refractivity contribution < 1.29 is 0 Å². The van der Waals surface area contributed by atoms with Gasteiger partial charge < -0.3 is 5.32 Å². The second-order valence-corrected chi connectivity index (χ2v) is 9.13. The van der Waals surface area contributed by atoms with Gasteiger partial charge in [0.05, 0.1) is 0 Å². The highest BCUT2D eigenvalue weighted by molar-refractivity contribution is 5.10. The third-order valence-corrected chi connectivity index (χ3v) is 8.05. The molecule has 1 atom stereocenters. The van der Waals surface area contributed by atoms with Gasteiger partial charge in [0.2, 0.25) is 0 Å². The van der Waals surface area contributed by atoms with E-state index in [2.05, 4.69) is 19.3 Å². The summed E-state index contributed by atoms with van der Waals surface area (Å²) in [7, 11) is 2.19. The molecule has 0 spiro atoms. The summed E-state index contributed by atoms with van der Waals surface area (Å²) in [5, 5.41) is 3.61. The summed E-state index contributed by atoms with van der Waals surface area (Å²) in [6.07, 6.45) is 15.5. The van der Waals surface area contributed by atoms with Gasteiger partial charge in [-0.15, -0.1) is 0 Å². The molecule has 5 aliphatic carbocycles. The van der Waals surface area contributed by atoms with Crippen LogP contribution in [0.15, 0.2) is 0 Å². The zero-order valence-corrected chi connectivity index (χ0v) is 13.6. The van der Waals surface area contributed by atoms with Crippen LogP contribution in [0.25, 0.3) is 0 Å². The predicted molar refractivity (Wildman–Crippen MR) is 84.6 cm³/mol. The van der Waals surface area contributed by atoms with Crippen LogP contribution in [0, 0.1) is 34.5 Å². The summed E-state index contributed by atoms with van der Waals surface area (Å²) >= 11 is 0. The van der Waals surface area contributed by atoms with Crippen molar-refractivity contribution >= 4 is 0 Å². The molecule has 0 saturated heterocycles. The van der Waals surface area contributed by atoms with Crippen LogP contribution in [0.4, 0.5) is 0 Å². The summed E-state index contributed by atoms with van der Waals surface area (Å²) in [6, 6.07) is 0. The molecule has 1 N–H and O–H groups in total. The van der Waals surface area contributed by atoms with Gasteiger partial charge in [-0.1, -0.05) is 19.8 Å². The second kappa shape index (κ2) is 4.73. The van der Waals surface area contributed by atoms with Gasteiger partial charge in [0, 0.05) is 6.54 Å². The van der Waals surface area contributed by atoms with Crippen molar-refractivity contribution in [2.75, 3.05) is 13.6 Å². The van der Waals surface area contributed by atoms with Gasteiger partial charge in [0.25, 0.3) is 0 Å². The highest BCUT2D eigenvalue weighted by atomic mass is 14.9. The molecule has 0 aromatic rings. The Morgan fingerprint density at radius 1 is 0.950 bits per heavy atom. The van der Waals surface area contributed by atoms with Gasteiger partial charge in [-0.05, 0) is 92.9 Å². The first-order valence-corrected chi connectivity index (χ1v) is 9.30. The SMILES string of the molecule is CNCC(C)(C1CCCC1)C12CC3CC(CC(C3)C1)C2. The lowest BCUT2D eigenvalue weighted by Gasteiger charge is -2.65. The molecule has 4 bridgehead atoms. The maximum atomic E-state index is 3.61. The topological polar surface area (TPSA) is 12.0 Å². The van der Waals surface area contributed by atoms with E-state index in [0.29, 0.717) is 10.8 Å². The van der Waals surface area contributed by atoms with E-state index < -0.39 is 0 Å². The van der Waals surface area contributed by atoms with Gasteiger partial charge >= 0.3 is 0 Å². The van der Waals surface area contributed by atoms with Gasteiger partial charge in [-0.2, -0.15) is 0 Å². The van der Waals surface area contributed by atoms with Crippen molar-refractivity contribution in [1.29, 1.82) is 0 Å². The van der Waals surface area contributed by atoms with E-state index >= 15 is 0 Å². The average Bonchev–Trinajstić information content (AvgIpc) is 2.91. The summed E-state index contributed by atoms with van der Waals surface area (Å²) in [5.41, 5.74) is 1.29. The lowest BCUT2D eigenvalue weighted by molar-refractivity contribution is -0.144. The standard InChI is InChI=1S/C19H33N/c1-18(13-20-2,17-5-3-4-6-17)19-10-14-7-15(11-19)9-16(8-14)12-19/h14-17,20H,3-13H2,1-2H3. The largest absolute Gasteiger partial charge is 0.319 e. The molecule has 1 nitrogen and oxygen atoms in total. The van der Waals surface area contributed by atoms with Crippen LogP contribution in [0.1, 0.15) is 71.1 Å². The molecule has 5 rings (SSSR count). The minimum atomic E-state index is 0.578. The normalized spacial score (nSPS) is 46.8. The van der Waals surface area contributed by atoms with Crippen LogP contribution in [0.3, 0.4) is 0 Å². The molecule has 5 fully saturated rings. The van der Waals surface area contributed by atoms with Crippen LogP contribution in [-0.4, -0.2) is 13.6 Å². The zero-order chi connectivity index (χ0) is 13.8. The van der Waals surface area contributed by atoms with Gasteiger partial charge in [0.1, 0.15) is 0 Å². The van der Waals surface area contributed by atoms with Crippen LogP contribution < -0.4 is 5.32 Å². The molecule has 0 radical (unpaired) electrons. The summed E-state index contributed by atoms with van der Waals surface area (Å²) in [4.78, 5) is 0. The molecule has 0 aromatic heterocycles. The minimum absolute atomic E-state index is 0.578. The molecule has 5 aliphatic rings. The Kier molecular flexibility index (Phi) is 3.22. The number of rotatable bonds is 4. The zero-order valence-electron chi connectivity index (χ0n) is 13.6. The molecule has 0 aromatic carbocycles. The van der Waals surface area contributed by atoms with E-state index in [4.69, 9.17) is 0 Å². The van der Waals surface area contributed by atoms with E-state index in [1.165, 1.54) is 32.2 Å². The molecular weight excluding hydrogens is 242 g/mol. The van der Waals surface area contributed by atoms with Gasteiger partial charge in [-0.25, -0.2) is 0 Å². The Bertz CT molecular complexity index is 333. The molecular formula is C19H33N. The first kappa shape index (κ1) is 13.6. The Labute approximate surface area is 125 Å². The number of hydrogen-bond acceptors (Lipinski definition) is 1. The predicted octanol–water partition coefficient (Wildman–Crippen LogP) is 4.62. The molecule has 5 saturated carbocycles. The molecule has 0 heterocycles. The summed E-state index contributed by atoms with van der Waals surface area (Å²) < 4.78 is 0. The maximum absolute atomic E-state index is 3.61. The fraction of sp³-hybridized carbons (Fsp3) is 1.00. The Hall–Kier alpha value is -0.0400. The number of nitrogens with one attached hydrogen (secondary N) is 1. The molecule has 1 heteroatoms. The quantitative estimate of drug-likeness (QED) is 0.789. The van der Waals surface area contributed by atoms with Crippen molar-refractivity contribution in [1.82, 2.24) is 5.32 Å². The Morgan fingerprint density at radius 2 is 1.45 bits per heavy atom. The lowest BCUT2D eigenvalue weighted by atomic mass is 9.41. The van der Waals surface area contributed by atoms with Crippen LogP contribution in [-0.2, 0) is 0 Å². The first-order chi connectivity index (χ1) is 9.65. The van der Waals surface area contributed by atoms with Crippen molar-refractivity contribution in [3.63, 3.8) is 0 Å². The third-order valence-electron chi connectivity index (χ3n) is 8.05. The van der Waals surface area contributed by atoms with E-state index in [-0.39, 0.29) is 0 Å². The number of hydrogen-bond donors (Lipinski definition) is 1. The van der Waals surface area contributed by atoms with Gasteiger partial charge in [-0.3, -0.25) is 0 Å². The van der Waals surface area contributed by atoms with Crippen molar-refractivity contribution in [3.8, 4) is 0 Å². The van der Waals surface area contributed by atoms with Gasteiger partial charge in [0.15, 0.2) is 0 Å². The monoisotopic (exact) mass is 275 g/mol. The van der Waals surface area contributed by atoms with Crippen molar-refractivity contribution in [2.45, 2.75) is 71.1 Å². The van der Waals surface area contributed by atoms with E-state index in [9.17, 15) is 0 Å². The van der Waals surface area contributed by atoms with Crippen molar-refractivity contribution in [3.05, 3.63) is 0 Å². The average molecular weight is 275 g/mol. The van der Waals surface area contributed by atoms with E-state index in [0.717, 1.165) is 23.7 Å². The van der Waals surface area contributed by atoms with E-state index in [1.807, 2.05) is 0 Å². The highest BCUT2D eigenvalue weighted by Gasteiger charge is 2.60. The smallest absolute Gasteiger partial charge is 0.00101 e. The maximum Gasteiger partial charge on any atom is 0.00101 e. The molecule has 1 unspecified atom stereocenters. The molecule has 0 amide bonds. The second-order valence-electron chi connectivity index (χ2n) is 9.13. The minimum Gasteiger partial charge on any atom is -0.319 e. The van der Waals surface area contributed by atoms with E-state index in [1.54, 1.807) is 38.5 Å². The van der Waals surface area contributed by atoms with Crippen LogP contribution >= 0.6 is 0 Å². The fourth-order valence-corrected chi connectivity index (χ4v) is 7.51. The molecule has 0 aliphatic heterocycles. The Balaban J connectivity index is 1.68. The molecule has 20 heavy (non-hydrogen) atoms. The van der Waals surface area contributed by atoms with Crippen molar-refractivity contribution in [2.24, 2.45) is 34.5 Å². The molecule has 114 valence electrons. The summed E-state index contributed by atoms with van der Waals surface area (Å²) in [5.74, 6) is 4.29. The lowest BCUT2D eigenvalue weighted by Crippen LogP contribution is -2.58. The fourth-order valence-electron chi connectivity index (χ4n) is 7.51. The third kappa shape index (κ3) is 1.84. The van der Waals surface area contributed by atoms with Crippen LogP contribution in [0.2, 0.25) is 0 Å².